The Kier molecular flexibility index (Phi) is 6.10. The molecule has 0 amide bonds. The normalized spacial score (nSPS) is 10.6. The van der Waals surface area contributed by atoms with E-state index in [2.05, 4.69) is 76.5 Å². The van der Waals surface area contributed by atoms with Crippen molar-refractivity contribution in [3.63, 3.8) is 0 Å². The second-order valence-corrected chi connectivity index (χ2v) is 8.00. The highest BCUT2D eigenvalue weighted by molar-refractivity contribution is 6.36. The third kappa shape index (κ3) is 4.34. The zero-order valence-electron chi connectivity index (χ0n) is 18.1. The Hall–Kier alpha value is -4.01. The van der Waals surface area contributed by atoms with Crippen LogP contribution in [-0.4, -0.2) is 0 Å². The molecule has 3 heteroatoms. The van der Waals surface area contributed by atoms with Gasteiger partial charge in [-0.3, -0.25) is 0 Å². The molecule has 0 aromatic heterocycles. The Morgan fingerprint density at radius 1 is 0.333 bits per heavy atom. The summed E-state index contributed by atoms with van der Waals surface area (Å²) in [6.07, 6.45) is 0. The highest BCUT2D eigenvalue weighted by Gasteiger charge is 2.21. The Labute approximate surface area is 199 Å². The van der Waals surface area contributed by atoms with Crippen LogP contribution >= 0.6 is 11.6 Å². The largest absolute Gasteiger partial charge is 0.309 e. The number of halogens is 1. The van der Waals surface area contributed by atoms with E-state index >= 15 is 0 Å². The molecule has 0 fully saturated rings. The summed E-state index contributed by atoms with van der Waals surface area (Å²) in [5.41, 5.74) is 6.04. The summed E-state index contributed by atoms with van der Waals surface area (Å²) in [6, 6.07) is 47.5. The molecular weight excluding hydrogens is 424 g/mol. The van der Waals surface area contributed by atoms with Crippen molar-refractivity contribution in [1.82, 2.24) is 0 Å². The standard InChI is InChI=1S/C30H23ClN2/c31-30-28(32(24-14-5-1-6-15-24)25-16-7-2-8-17-25)22-13-23-29(30)33(26-18-9-3-10-19-26)27-20-11-4-12-21-27/h1-23H. The lowest BCUT2D eigenvalue weighted by atomic mass is 10.1. The fourth-order valence-electron chi connectivity index (χ4n) is 4.02. The number of benzene rings is 5. The number of hydrogen-bond donors (Lipinski definition) is 0. The maximum atomic E-state index is 7.21. The van der Waals surface area contributed by atoms with Gasteiger partial charge in [-0.05, 0) is 60.7 Å². The molecule has 0 aliphatic rings. The molecule has 0 saturated carbocycles. The highest BCUT2D eigenvalue weighted by atomic mass is 35.5. The molecule has 0 atom stereocenters. The number of nitrogens with zero attached hydrogens (tertiary/aromatic N) is 2. The molecule has 0 aliphatic heterocycles. The maximum Gasteiger partial charge on any atom is 0.0887 e. The molecule has 5 aromatic carbocycles. The van der Waals surface area contributed by atoms with Crippen LogP contribution in [0.2, 0.25) is 5.02 Å². The van der Waals surface area contributed by atoms with E-state index in [4.69, 9.17) is 11.6 Å². The van der Waals surface area contributed by atoms with E-state index in [9.17, 15) is 0 Å². The van der Waals surface area contributed by atoms with Crippen LogP contribution < -0.4 is 9.80 Å². The fraction of sp³-hybridized carbons (Fsp3) is 0. The molecule has 0 aliphatic carbocycles. The molecule has 2 nitrogen and oxygen atoms in total. The number of para-hydroxylation sites is 4. The van der Waals surface area contributed by atoms with Crippen molar-refractivity contribution in [3.05, 3.63) is 145 Å². The van der Waals surface area contributed by atoms with E-state index in [1.807, 2.05) is 72.8 Å². The van der Waals surface area contributed by atoms with Crippen molar-refractivity contribution in [3.8, 4) is 0 Å². The van der Waals surface area contributed by atoms with Crippen LogP contribution in [0.1, 0.15) is 0 Å². The lowest BCUT2D eigenvalue weighted by Gasteiger charge is -2.30. The van der Waals surface area contributed by atoms with Gasteiger partial charge in [0.1, 0.15) is 0 Å². The first kappa shape index (κ1) is 20.9. The first-order chi connectivity index (χ1) is 16.3. The lowest BCUT2D eigenvalue weighted by molar-refractivity contribution is 1.25. The zero-order chi connectivity index (χ0) is 22.5. The van der Waals surface area contributed by atoms with Gasteiger partial charge in [-0.1, -0.05) is 90.5 Å². The molecule has 0 N–H and O–H groups in total. The smallest absolute Gasteiger partial charge is 0.0887 e. The van der Waals surface area contributed by atoms with Gasteiger partial charge in [0.2, 0.25) is 0 Å². The minimum absolute atomic E-state index is 0.679. The third-order valence-electron chi connectivity index (χ3n) is 5.50. The number of hydrogen-bond acceptors (Lipinski definition) is 2. The predicted octanol–water partition coefficient (Wildman–Crippen LogP) is 9.28. The van der Waals surface area contributed by atoms with Crippen LogP contribution in [0.15, 0.2) is 140 Å². The second kappa shape index (κ2) is 9.64. The molecule has 33 heavy (non-hydrogen) atoms. The van der Waals surface area contributed by atoms with Crippen LogP contribution in [0.5, 0.6) is 0 Å². The topological polar surface area (TPSA) is 6.48 Å². The zero-order valence-corrected chi connectivity index (χ0v) is 18.8. The van der Waals surface area contributed by atoms with Crippen molar-refractivity contribution in [2.24, 2.45) is 0 Å². The predicted molar refractivity (Wildman–Crippen MR) is 141 cm³/mol. The third-order valence-corrected chi connectivity index (χ3v) is 5.88. The maximum absolute atomic E-state index is 7.21. The SMILES string of the molecule is Clc1c(N(c2ccccc2)c2ccccc2)cccc1N(c1ccccc1)c1ccccc1. The summed E-state index contributed by atoms with van der Waals surface area (Å²) in [5, 5.41) is 0.679. The summed E-state index contributed by atoms with van der Waals surface area (Å²) in [4.78, 5) is 4.39. The van der Waals surface area contributed by atoms with Crippen LogP contribution in [0.4, 0.5) is 34.1 Å². The summed E-state index contributed by atoms with van der Waals surface area (Å²) < 4.78 is 0. The Morgan fingerprint density at radius 3 is 0.879 bits per heavy atom. The molecule has 0 spiro atoms. The van der Waals surface area contributed by atoms with Crippen LogP contribution in [0, 0.1) is 0 Å². The Balaban J connectivity index is 1.70. The first-order valence-corrected chi connectivity index (χ1v) is 11.3. The van der Waals surface area contributed by atoms with Crippen LogP contribution in [-0.2, 0) is 0 Å². The van der Waals surface area contributed by atoms with Gasteiger partial charge >= 0.3 is 0 Å². The molecule has 0 bridgehead atoms. The van der Waals surface area contributed by atoms with Gasteiger partial charge in [-0.2, -0.15) is 0 Å². The second-order valence-electron chi connectivity index (χ2n) is 7.62. The molecule has 5 rings (SSSR count). The summed E-state index contributed by atoms with van der Waals surface area (Å²) in [7, 11) is 0. The van der Waals surface area contributed by atoms with E-state index in [0.717, 1.165) is 34.1 Å². The average Bonchev–Trinajstić information content (AvgIpc) is 2.89. The van der Waals surface area contributed by atoms with Gasteiger partial charge in [-0.25, -0.2) is 0 Å². The number of anilines is 6. The van der Waals surface area contributed by atoms with Crippen molar-refractivity contribution < 1.29 is 0 Å². The van der Waals surface area contributed by atoms with Crippen molar-refractivity contribution in [1.29, 1.82) is 0 Å². The molecular formula is C30H23ClN2. The minimum Gasteiger partial charge on any atom is -0.309 e. The van der Waals surface area contributed by atoms with E-state index in [-0.39, 0.29) is 0 Å². The Bertz CT molecular complexity index is 1130. The van der Waals surface area contributed by atoms with Gasteiger partial charge in [0.25, 0.3) is 0 Å². The minimum atomic E-state index is 0.679. The molecule has 0 unspecified atom stereocenters. The van der Waals surface area contributed by atoms with Gasteiger partial charge in [-0.15, -0.1) is 0 Å². The first-order valence-electron chi connectivity index (χ1n) is 10.9. The van der Waals surface area contributed by atoms with Crippen molar-refractivity contribution in [2.45, 2.75) is 0 Å². The van der Waals surface area contributed by atoms with Gasteiger partial charge < -0.3 is 9.80 Å². The quantitative estimate of drug-likeness (QED) is 0.256. The summed E-state index contributed by atoms with van der Waals surface area (Å²) in [5.74, 6) is 0. The van der Waals surface area contributed by atoms with E-state index in [1.54, 1.807) is 0 Å². The molecule has 0 radical (unpaired) electrons. The van der Waals surface area contributed by atoms with E-state index in [0.29, 0.717) is 5.02 Å². The number of rotatable bonds is 6. The Morgan fingerprint density at radius 2 is 0.606 bits per heavy atom. The average molecular weight is 447 g/mol. The van der Waals surface area contributed by atoms with Gasteiger partial charge in [0.15, 0.2) is 0 Å². The monoisotopic (exact) mass is 446 g/mol. The molecule has 0 heterocycles. The van der Waals surface area contributed by atoms with E-state index < -0.39 is 0 Å². The van der Waals surface area contributed by atoms with Crippen molar-refractivity contribution >= 4 is 45.7 Å². The molecule has 5 aromatic rings. The van der Waals surface area contributed by atoms with Gasteiger partial charge in [0.05, 0.1) is 16.4 Å². The molecule has 160 valence electrons. The summed E-state index contributed by atoms with van der Waals surface area (Å²) in [6.45, 7) is 0. The summed E-state index contributed by atoms with van der Waals surface area (Å²) >= 11 is 7.21. The van der Waals surface area contributed by atoms with Crippen LogP contribution in [0.3, 0.4) is 0 Å². The van der Waals surface area contributed by atoms with Crippen molar-refractivity contribution in [2.75, 3.05) is 9.80 Å². The molecule has 0 saturated heterocycles. The highest BCUT2D eigenvalue weighted by Crippen LogP contribution is 2.46. The van der Waals surface area contributed by atoms with Gasteiger partial charge in [0, 0.05) is 22.7 Å². The lowest BCUT2D eigenvalue weighted by Crippen LogP contribution is -2.14. The fourth-order valence-corrected chi connectivity index (χ4v) is 4.31. The van der Waals surface area contributed by atoms with E-state index in [1.165, 1.54) is 0 Å². The van der Waals surface area contributed by atoms with Crippen LogP contribution in [0.25, 0.3) is 0 Å².